The molecule has 0 heterocycles. The van der Waals surface area contributed by atoms with Crippen LogP contribution < -0.4 is 10.5 Å². The Bertz CT molecular complexity index is 808. The molecule has 0 bridgehead atoms. The second-order valence-corrected chi connectivity index (χ2v) is 6.50. The number of non-ortho nitro benzene ring substituents is 1. The Labute approximate surface area is 168 Å². The maximum absolute atomic E-state index is 12.5. The van der Waals surface area contributed by atoms with E-state index in [4.69, 9.17) is 15.2 Å². The molecule has 1 unspecified atom stereocenters. The molecule has 0 aliphatic rings. The fourth-order valence-electron chi connectivity index (χ4n) is 2.67. The number of unbranched alkanes of at least 4 members (excludes halogenated alkanes) is 1. The predicted octanol–water partition coefficient (Wildman–Crippen LogP) is 3.38. The molecular weight excluding hydrogens is 376 g/mol. The zero-order valence-electron chi connectivity index (χ0n) is 16.0. The van der Waals surface area contributed by atoms with Crippen LogP contribution in [0.15, 0.2) is 54.6 Å². The van der Waals surface area contributed by atoms with E-state index in [-0.39, 0.29) is 24.5 Å². The Hall–Kier alpha value is -3.26. The molecule has 0 saturated heterocycles. The molecule has 154 valence electrons. The lowest BCUT2D eigenvalue weighted by Crippen LogP contribution is -2.24. The van der Waals surface area contributed by atoms with Crippen molar-refractivity contribution in [3.05, 3.63) is 70.3 Å². The molecule has 1 atom stereocenters. The summed E-state index contributed by atoms with van der Waals surface area (Å²) in [5, 5.41) is 10.7. The molecule has 2 N–H and O–H groups in total. The van der Waals surface area contributed by atoms with Crippen LogP contribution in [0.1, 0.15) is 31.2 Å². The summed E-state index contributed by atoms with van der Waals surface area (Å²) in [6.07, 6.45) is 1.72. The number of ether oxygens (including phenoxy) is 2. The Morgan fingerprint density at radius 3 is 2.34 bits per heavy atom. The minimum Gasteiger partial charge on any atom is -0.461 e. The first kappa shape index (κ1) is 22.0. The summed E-state index contributed by atoms with van der Waals surface area (Å²) in [6, 6.07) is 14.4. The standard InChI is InChI=1S/C21H24N2O6/c22-13-5-4-8-17(14-20(24)28-15-16-6-2-1-3-7-16)21(25)29-19-11-9-18(10-12-19)23(26)27/h1-3,6-7,9-12,17H,4-5,8,13-15,22H2. The maximum Gasteiger partial charge on any atom is 0.314 e. The third kappa shape index (κ3) is 7.71. The molecule has 29 heavy (non-hydrogen) atoms. The number of nitrogens with two attached hydrogens (primary N) is 1. The van der Waals surface area contributed by atoms with Gasteiger partial charge in [-0.1, -0.05) is 36.8 Å². The summed E-state index contributed by atoms with van der Waals surface area (Å²) >= 11 is 0. The molecule has 2 aromatic rings. The molecule has 0 spiro atoms. The molecule has 0 fully saturated rings. The molecule has 0 aromatic heterocycles. The second kappa shape index (κ2) is 11.6. The second-order valence-electron chi connectivity index (χ2n) is 6.50. The van der Waals surface area contributed by atoms with Gasteiger partial charge in [0.15, 0.2) is 0 Å². The van der Waals surface area contributed by atoms with Crippen molar-refractivity contribution in [3.63, 3.8) is 0 Å². The van der Waals surface area contributed by atoms with Gasteiger partial charge in [0, 0.05) is 12.1 Å². The van der Waals surface area contributed by atoms with Crippen LogP contribution in [-0.4, -0.2) is 23.4 Å². The van der Waals surface area contributed by atoms with Gasteiger partial charge in [0.2, 0.25) is 0 Å². The van der Waals surface area contributed by atoms with Gasteiger partial charge in [0.05, 0.1) is 17.3 Å². The Morgan fingerprint density at radius 2 is 1.72 bits per heavy atom. The minimum absolute atomic E-state index is 0.103. The zero-order chi connectivity index (χ0) is 21.1. The molecular formula is C21H24N2O6. The molecule has 0 aliphatic heterocycles. The Kier molecular flexibility index (Phi) is 8.78. The Balaban J connectivity index is 1.95. The highest BCUT2D eigenvalue weighted by Crippen LogP contribution is 2.21. The molecule has 8 heteroatoms. The van der Waals surface area contributed by atoms with E-state index in [0.717, 1.165) is 12.0 Å². The number of hydrogen-bond donors (Lipinski definition) is 1. The Morgan fingerprint density at radius 1 is 1.03 bits per heavy atom. The summed E-state index contributed by atoms with van der Waals surface area (Å²) in [5.74, 6) is -1.57. The molecule has 2 aromatic carbocycles. The van der Waals surface area contributed by atoms with E-state index in [1.807, 2.05) is 30.3 Å². The highest BCUT2D eigenvalue weighted by Gasteiger charge is 2.25. The van der Waals surface area contributed by atoms with Gasteiger partial charge < -0.3 is 15.2 Å². The van der Waals surface area contributed by atoms with E-state index in [1.165, 1.54) is 24.3 Å². The van der Waals surface area contributed by atoms with Gasteiger partial charge in [-0.25, -0.2) is 0 Å². The molecule has 0 radical (unpaired) electrons. The van der Waals surface area contributed by atoms with Gasteiger partial charge in [0.1, 0.15) is 12.4 Å². The van der Waals surface area contributed by atoms with Crippen LogP contribution >= 0.6 is 0 Å². The average Bonchev–Trinajstić information content (AvgIpc) is 2.72. The lowest BCUT2D eigenvalue weighted by molar-refractivity contribution is -0.384. The number of nitro benzene ring substituents is 1. The van der Waals surface area contributed by atoms with Crippen LogP contribution in [0.5, 0.6) is 5.75 Å². The first-order chi connectivity index (χ1) is 14.0. The first-order valence-corrected chi connectivity index (χ1v) is 9.35. The number of nitro groups is 1. The number of nitrogens with zero attached hydrogens (tertiary/aromatic N) is 1. The number of esters is 2. The van der Waals surface area contributed by atoms with Crippen molar-refractivity contribution in [2.45, 2.75) is 32.3 Å². The van der Waals surface area contributed by atoms with Crippen molar-refractivity contribution in [1.29, 1.82) is 0 Å². The van der Waals surface area contributed by atoms with E-state index < -0.39 is 22.8 Å². The topological polar surface area (TPSA) is 122 Å². The fraction of sp³-hybridized carbons (Fsp3) is 0.333. The average molecular weight is 400 g/mol. The normalized spacial score (nSPS) is 11.5. The van der Waals surface area contributed by atoms with Gasteiger partial charge in [-0.3, -0.25) is 19.7 Å². The third-order valence-electron chi connectivity index (χ3n) is 4.26. The first-order valence-electron chi connectivity index (χ1n) is 9.35. The fourth-order valence-corrected chi connectivity index (χ4v) is 2.67. The quantitative estimate of drug-likeness (QED) is 0.202. The van der Waals surface area contributed by atoms with E-state index in [9.17, 15) is 19.7 Å². The molecule has 0 amide bonds. The summed E-state index contributed by atoms with van der Waals surface area (Å²) in [7, 11) is 0. The van der Waals surface area contributed by atoms with Gasteiger partial charge in [-0.2, -0.15) is 0 Å². The van der Waals surface area contributed by atoms with Gasteiger partial charge in [0.25, 0.3) is 5.69 Å². The SMILES string of the molecule is NCCCCC(CC(=O)OCc1ccccc1)C(=O)Oc1ccc([N+](=O)[O-])cc1. The van der Waals surface area contributed by atoms with Crippen LogP contribution in [0.3, 0.4) is 0 Å². The zero-order valence-corrected chi connectivity index (χ0v) is 16.0. The highest BCUT2D eigenvalue weighted by atomic mass is 16.6. The lowest BCUT2D eigenvalue weighted by Gasteiger charge is -2.15. The van der Waals surface area contributed by atoms with Crippen LogP contribution in [0.4, 0.5) is 5.69 Å². The minimum atomic E-state index is -0.681. The summed E-state index contributed by atoms with van der Waals surface area (Å²) in [4.78, 5) is 34.9. The van der Waals surface area contributed by atoms with E-state index in [1.54, 1.807) is 0 Å². The van der Waals surface area contributed by atoms with Crippen molar-refractivity contribution < 1.29 is 24.0 Å². The molecule has 8 nitrogen and oxygen atoms in total. The van der Waals surface area contributed by atoms with Gasteiger partial charge >= 0.3 is 11.9 Å². The predicted molar refractivity (Wildman–Crippen MR) is 106 cm³/mol. The van der Waals surface area contributed by atoms with E-state index >= 15 is 0 Å². The highest BCUT2D eigenvalue weighted by molar-refractivity contribution is 5.81. The van der Waals surface area contributed by atoms with E-state index in [0.29, 0.717) is 19.4 Å². The van der Waals surface area contributed by atoms with Gasteiger partial charge in [-0.15, -0.1) is 0 Å². The molecule has 0 aliphatic carbocycles. The van der Waals surface area contributed by atoms with Crippen LogP contribution in [0.2, 0.25) is 0 Å². The number of carbonyl (C=O) groups excluding carboxylic acids is 2. The number of hydrogen-bond acceptors (Lipinski definition) is 7. The van der Waals surface area contributed by atoms with E-state index in [2.05, 4.69) is 0 Å². The number of carbonyl (C=O) groups is 2. The molecule has 0 saturated carbocycles. The summed E-state index contributed by atoms with van der Waals surface area (Å²) in [5.41, 5.74) is 6.26. The number of benzene rings is 2. The van der Waals surface area contributed by atoms with Crippen LogP contribution in [0.25, 0.3) is 0 Å². The van der Waals surface area contributed by atoms with Gasteiger partial charge in [-0.05, 0) is 37.1 Å². The van der Waals surface area contributed by atoms with Crippen molar-refractivity contribution >= 4 is 17.6 Å². The smallest absolute Gasteiger partial charge is 0.314 e. The molecule has 2 rings (SSSR count). The van der Waals surface area contributed by atoms with Crippen LogP contribution in [-0.2, 0) is 20.9 Å². The number of rotatable bonds is 11. The lowest BCUT2D eigenvalue weighted by atomic mass is 9.98. The van der Waals surface area contributed by atoms with Crippen molar-refractivity contribution in [1.82, 2.24) is 0 Å². The van der Waals surface area contributed by atoms with Crippen molar-refractivity contribution in [3.8, 4) is 5.75 Å². The monoisotopic (exact) mass is 400 g/mol. The largest absolute Gasteiger partial charge is 0.461 e. The summed E-state index contributed by atoms with van der Waals surface area (Å²) < 4.78 is 10.6. The van der Waals surface area contributed by atoms with Crippen molar-refractivity contribution in [2.75, 3.05) is 6.54 Å². The van der Waals surface area contributed by atoms with Crippen molar-refractivity contribution in [2.24, 2.45) is 11.7 Å². The summed E-state index contributed by atoms with van der Waals surface area (Å²) in [6.45, 7) is 0.620. The maximum atomic E-state index is 12.5. The van der Waals surface area contributed by atoms with Crippen LogP contribution in [0, 0.1) is 16.0 Å². The third-order valence-corrected chi connectivity index (χ3v) is 4.26.